The summed E-state index contributed by atoms with van der Waals surface area (Å²) in [6.07, 6.45) is 2.18. The van der Waals surface area contributed by atoms with Crippen molar-refractivity contribution in [2.75, 3.05) is 6.54 Å². The molecule has 0 saturated heterocycles. The molecule has 2 N–H and O–H groups in total. The Morgan fingerprint density at radius 3 is 2.50 bits per heavy atom. The van der Waals surface area contributed by atoms with Gasteiger partial charge in [-0.25, -0.2) is 13.1 Å². The lowest BCUT2D eigenvalue weighted by atomic mass is 10.1. The van der Waals surface area contributed by atoms with Gasteiger partial charge in [-0.1, -0.05) is 18.0 Å². The zero-order valence-electron chi connectivity index (χ0n) is 9.84. The zero-order valence-corrected chi connectivity index (χ0v) is 11.4. The Balaban J connectivity index is 2.01. The Hall–Kier alpha value is -0.620. The van der Waals surface area contributed by atoms with Gasteiger partial charge in [0.1, 0.15) is 0 Å². The highest BCUT2D eigenvalue weighted by molar-refractivity contribution is 7.89. The summed E-state index contributed by atoms with van der Waals surface area (Å²) in [5, 5.41) is 10.1. The van der Waals surface area contributed by atoms with Crippen molar-refractivity contribution < 1.29 is 13.5 Å². The molecular formula is C12H16ClNO3S. The molecule has 2 rings (SSSR count). The van der Waals surface area contributed by atoms with E-state index < -0.39 is 16.1 Å². The minimum atomic E-state index is -3.51. The molecule has 0 spiro atoms. The highest BCUT2D eigenvalue weighted by Crippen LogP contribution is 2.25. The summed E-state index contributed by atoms with van der Waals surface area (Å²) < 4.78 is 26.5. The van der Waals surface area contributed by atoms with Crippen LogP contribution in [0.15, 0.2) is 29.2 Å². The first kappa shape index (κ1) is 13.8. The number of aliphatic hydroxyl groups is 1. The fourth-order valence-corrected chi connectivity index (χ4v) is 3.39. The molecule has 2 unspecified atom stereocenters. The van der Waals surface area contributed by atoms with Gasteiger partial charge in [-0.2, -0.15) is 0 Å². The van der Waals surface area contributed by atoms with E-state index in [-0.39, 0.29) is 17.4 Å². The monoisotopic (exact) mass is 289 g/mol. The van der Waals surface area contributed by atoms with Crippen molar-refractivity contribution in [2.45, 2.75) is 30.3 Å². The van der Waals surface area contributed by atoms with Gasteiger partial charge in [0, 0.05) is 11.6 Å². The van der Waals surface area contributed by atoms with Crippen LogP contribution in [-0.4, -0.2) is 26.2 Å². The lowest BCUT2D eigenvalue weighted by Gasteiger charge is -2.15. The summed E-state index contributed by atoms with van der Waals surface area (Å²) in [6, 6.07) is 6.02. The summed E-state index contributed by atoms with van der Waals surface area (Å²) in [5.74, 6) is 0.0204. The second-order valence-electron chi connectivity index (χ2n) is 4.56. The number of hydrogen-bond donors (Lipinski definition) is 2. The Labute approximate surface area is 112 Å². The van der Waals surface area contributed by atoms with E-state index in [1.807, 2.05) is 0 Å². The standard InChI is InChI=1S/C12H16ClNO3S/c13-10-4-6-11(7-5-10)18(16,17)14-8-9-2-1-3-12(9)15/h4-7,9,12,14-15H,1-3,8H2. The zero-order chi connectivity index (χ0) is 13.2. The first-order valence-corrected chi connectivity index (χ1v) is 7.78. The maximum absolute atomic E-state index is 12.0. The van der Waals surface area contributed by atoms with Crippen LogP contribution < -0.4 is 4.72 Å². The summed E-state index contributed by atoms with van der Waals surface area (Å²) >= 11 is 5.71. The minimum Gasteiger partial charge on any atom is -0.393 e. The predicted molar refractivity (Wildman–Crippen MR) is 70.0 cm³/mol. The molecule has 1 aliphatic carbocycles. The molecule has 1 aliphatic rings. The number of sulfonamides is 1. The van der Waals surface area contributed by atoms with Crippen molar-refractivity contribution >= 4 is 21.6 Å². The summed E-state index contributed by atoms with van der Waals surface area (Å²) in [4.78, 5) is 0.194. The van der Waals surface area contributed by atoms with Crippen molar-refractivity contribution in [1.82, 2.24) is 4.72 Å². The molecule has 0 bridgehead atoms. The van der Waals surface area contributed by atoms with Crippen LogP contribution in [0.1, 0.15) is 19.3 Å². The quantitative estimate of drug-likeness (QED) is 0.888. The van der Waals surface area contributed by atoms with Gasteiger partial charge < -0.3 is 5.11 Å². The normalized spacial score (nSPS) is 24.3. The van der Waals surface area contributed by atoms with Crippen molar-refractivity contribution in [3.63, 3.8) is 0 Å². The van der Waals surface area contributed by atoms with Gasteiger partial charge in [0.05, 0.1) is 11.0 Å². The van der Waals surface area contributed by atoms with Crippen LogP contribution in [0.25, 0.3) is 0 Å². The summed E-state index contributed by atoms with van der Waals surface area (Å²) in [6.45, 7) is 0.284. The number of nitrogens with one attached hydrogen (secondary N) is 1. The second-order valence-corrected chi connectivity index (χ2v) is 6.77. The van der Waals surface area contributed by atoms with Crippen LogP contribution in [0.2, 0.25) is 5.02 Å². The number of benzene rings is 1. The van der Waals surface area contributed by atoms with Crippen molar-refractivity contribution in [1.29, 1.82) is 0 Å². The fourth-order valence-electron chi connectivity index (χ4n) is 2.17. The van der Waals surface area contributed by atoms with Crippen LogP contribution in [0.4, 0.5) is 0 Å². The topological polar surface area (TPSA) is 66.4 Å². The minimum absolute atomic E-state index is 0.0204. The van der Waals surface area contributed by atoms with Gasteiger partial charge in [0.15, 0.2) is 0 Å². The van der Waals surface area contributed by atoms with Gasteiger partial charge in [0.2, 0.25) is 10.0 Å². The molecule has 1 saturated carbocycles. The second kappa shape index (κ2) is 5.57. The molecule has 0 amide bonds. The van der Waals surface area contributed by atoms with Crippen LogP contribution >= 0.6 is 11.6 Å². The molecule has 0 heterocycles. The van der Waals surface area contributed by atoms with E-state index in [1.54, 1.807) is 12.1 Å². The first-order chi connectivity index (χ1) is 8.49. The van der Waals surface area contributed by atoms with Crippen LogP contribution in [-0.2, 0) is 10.0 Å². The van der Waals surface area contributed by atoms with Crippen LogP contribution in [0, 0.1) is 5.92 Å². The van der Waals surface area contributed by atoms with E-state index in [1.165, 1.54) is 12.1 Å². The molecule has 1 aromatic rings. The average Bonchev–Trinajstić information content (AvgIpc) is 2.73. The predicted octanol–water partition coefficient (Wildman–Crippen LogP) is 1.78. The molecule has 1 fully saturated rings. The Bertz CT molecular complexity index is 501. The number of rotatable bonds is 4. The molecule has 1 aromatic carbocycles. The largest absolute Gasteiger partial charge is 0.393 e. The third-order valence-corrected chi connectivity index (χ3v) is 4.97. The Morgan fingerprint density at radius 1 is 1.28 bits per heavy atom. The maximum Gasteiger partial charge on any atom is 0.240 e. The van der Waals surface area contributed by atoms with Gasteiger partial charge >= 0.3 is 0 Å². The number of hydrogen-bond acceptors (Lipinski definition) is 3. The number of halogens is 1. The van der Waals surface area contributed by atoms with E-state index in [0.717, 1.165) is 19.3 Å². The summed E-state index contributed by atoms with van der Waals surface area (Å²) in [7, 11) is -3.51. The molecule has 2 atom stereocenters. The number of aliphatic hydroxyl groups excluding tert-OH is 1. The van der Waals surface area contributed by atoms with E-state index in [4.69, 9.17) is 11.6 Å². The average molecular weight is 290 g/mol. The Kier molecular flexibility index (Phi) is 4.27. The maximum atomic E-state index is 12.0. The third kappa shape index (κ3) is 3.23. The molecule has 0 radical (unpaired) electrons. The van der Waals surface area contributed by atoms with Crippen LogP contribution in [0.3, 0.4) is 0 Å². The molecule has 0 aromatic heterocycles. The molecule has 18 heavy (non-hydrogen) atoms. The summed E-state index contributed by atoms with van der Waals surface area (Å²) in [5.41, 5.74) is 0. The van der Waals surface area contributed by atoms with Crippen molar-refractivity contribution in [2.24, 2.45) is 5.92 Å². The molecular weight excluding hydrogens is 274 g/mol. The van der Waals surface area contributed by atoms with Gasteiger partial charge in [-0.05, 0) is 43.0 Å². The van der Waals surface area contributed by atoms with Gasteiger partial charge in [0.25, 0.3) is 0 Å². The Morgan fingerprint density at radius 2 is 1.94 bits per heavy atom. The van der Waals surface area contributed by atoms with E-state index in [2.05, 4.69) is 4.72 Å². The smallest absolute Gasteiger partial charge is 0.240 e. The first-order valence-electron chi connectivity index (χ1n) is 5.92. The third-order valence-electron chi connectivity index (χ3n) is 3.28. The van der Waals surface area contributed by atoms with Crippen molar-refractivity contribution in [3.8, 4) is 0 Å². The highest BCUT2D eigenvalue weighted by atomic mass is 35.5. The lowest BCUT2D eigenvalue weighted by molar-refractivity contribution is 0.134. The van der Waals surface area contributed by atoms with E-state index in [9.17, 15) is 13.5 Å². The lowest BCUT2D eigenvalue weighted by Crippen LogP contribution is -2.32. The SMILES string of the molecule is O=S(=O)(NCC1CCCC1O)c1ccc(Cl)cc1. The highest BCUT2D eigenvalue weighted by Gasteiger charge is 2.26. The van der Waals surface area contributed by atoms with Crippen LogP contribution in [0.5, 0.6) is 0 Å². The molecule has 4 nitrogen and oxygen atoms in total. The van der Waals surface area contributed by atoms with Gasteiger partial charge in [-0.3, -0.25) is 0 Å². The van der Waals surface area contributed by atoms with E-state index in [0.29, 0.717) is 5.02 Å². The van der Waals surface area contributed by atoms with Crippen molar-refractivity contribution in [3.05, 3.63) is 29.3 Å². The molecule has 100 valence electrons. The van der Waals surface area contributed by atoms with E-state index >= 15 is 0 Å². The molecule has 6 heteroatoms. The molecule has 0 aliphatic heterocycles. The fraction of sp³-hybridized carbons (Fsp3) is 0.500. The van der Waals surface area contributed by atoms with Gasteiger partial charge in [-0.15, -0.1) is 0 Å².